The van der Waals surface area contributed by atoms with Crippen molar-refractivity contribution in [1.82, 2.24) is 4.90 Å². The third-order valence-corrected chi connectivity index (χ3v) is 2.42. The van der Waals surface area contributed by atoms with Gasteiger partial charge in [-0.3, -0.25) is 9.59 Å². The summed E-state index contributed by atoms with van der Waals surface area (Å²) in [5.41, 5.74) is 0. The molecule has 0 rings (SSSR count). The lowest BCUT2D eigenvalue weighted by Crippen LogP contribution is -2.37. The summed E-state index contributed by atoms with van der Waals surface area (Å²) in [4.78, 5) is 24.0. The number of amides is 1. The molecule has 0 saturated heterocycles. The largest absolute Gasteiger partial charge is 0.481 e. The third-order valence-electron chi connectivity index (χ3n) is 2.42. The molecule has 1 atom stereocenters. The third kappa shape index (κ3) is 4.81. The molecule has 0 radical (unpaired) electrons. The Morgan fingerprint density at radius 2 is 1.87 bits per heavy atom. The molecule has 0 heterocycles. The zero-order valence-electron chi connectivity index (χ0n) is 9.99. The van der Waals surface area contributed by atoms with E-state index in [-0.39, 0.29) is 5.91 Å². The molecule has 0 saturated carbocycles. The summed E-state index contributed by atoms with van der Waals surface area (Å²) in [5, 5.41) is 8.82. The van der Waals surface area contributed by atoms with Crippen molar-refractivity contribution >= 4 is 11.9 Å². The molecule has 0 aliphatic carbocycles. The van der Waals surface area contributed by atoms with E-state index in [9.17, 15) is 9.59 Å². The van der Waals surface area contributed by atoms with Crippen LogP contribution in [0, 0.1) is 11.8 Å². The van der Waals surface area contributed by atoms with E-state index >= 15 is 0 Å². The van der Waals surface area contributed by atoms with Crippen LogP contribution in [0.15, 0.2) is 0 Å². The average molecular weight is 215 g/mol. The van der Waals surface area contributed by atoms with Gasteiger partial charge in [-0.05, 0) is 18.8 Å². The van der Waals surface area contributed by atoms with Crippen LogP contribution >= 0.6 is 0 Å². The fraction of sp³-hybridized carbons (Fsp3) is 0.818. The van der Waals surface area contributed by atoms with Crippen molar-refractivity contribution in [2.24, 2.45) is 11.8 Å². The van der Waals surface area contributed by atoms with Crippen LogP contribution in [0.4, 0.5) is 0 Å². The maximum absolute atomic E-state index is 11.7. The predicted molar refractivity (Wildman–Crippen MR) is 58.5 cm³/mol. The van der Waals surface area contributed by atoms with Crippen molar-refractivity contribution in [3.8, 4) is 0 Å². The molecule has 1 N–H and O–H groups in total. The minimum atomic E-state index is -1.03. The molecule has 1 unspecified atom stereocenters. The highest BCUT2D eigenvalue weighted by molar-refractivity contribution is 5.96. The lowest BCUT2D eigenvalue weighted by Gasteiger charge is -2.21. The van der Waals surface area contributed by atoms with Crippen molar-refractivity contribution in [1.29, 1.82) is 0 Å². The molecule has 0 spiro atoms. The minimum absolute atomic E-state index is 0.286. The van der Waals surface area contributed by atoms with Gasteiger partial charge in [0.25, 0.3) is 0 Å². The van der Waals surface area contributed by atoms with E-state index in [0.717, 1.165) is 6.42 Å². The van der Waals surface area contributed by atoms with Gasteiger partial charge >= 0.3 is 5.97 Å². The molecule has 0 aromatic carbocycles. The van der Waals surface area contributed by atoms with Crippen LogP contribution in [-0.4, -0.2) is 35.5 Å². The molecule has 0 aliphatic rings. The number of rotatable bonds is 6. The van der Waals surface area contributed by atoms with Crippen molar-refractivity contribution < 1.29 is 14.7 Å². The number of carbonyl (C=O) groups excluding carboxylic acids is 1. The van der Waals surface area contributed by atoms with Crippen molar-refractivity contribution in [3.05, 3.63) is 0 Å². The Morgan fingerprint density at radius 3 is 2.20 bits per heavy atom. The van der Waals surface area contributed by atoms with Gasteiger partial charge in [0.05, 0.1) is 0 Å². The van der Waals surface area contributed by atoms with Gasteiger partial charge < -0.3 is 10.0 Å². The van der Waals surface area contributed by atoms with E-state index in [2.05, 4.69) is 13.8 Å². The fourth-order valence-corrected chi connectivity index (χ4v) is 1.28. The number of nitrogens with zero attached hydrogens (tertiary/aromatic N) is 1. The van der Waals surface area contributed by atoms with Gasteiger partial charge in [0.2, 0.25) is 5.91 Å². The first-order chi connectivity index (χ1) is 6.90. The normalized spacial score (nSPS) is 12.6. The number of aliphatic carboxylic acids is 1. The van der Waals surface area contributed by atoms with Crippen LogP contribution in [0.25, 0.3) is 0 Å². The van der Waals surface area contributed by atoms with Gasteiger partial charge in [-0.15, -0.1) is 0 Å². The molecule has 0 aromatic rings. The van der Waals surface area contributed by atoms with Crippen molar-refractivity contribution in [2.45, 2.75) is 33.6 Å². The van der Waals surface area contributed by atoms with E-state index in [1.807, 2.05) is 0 Å². The van der Waals surface area contributed by atoms with E-state index in [1.54, 1.807) is 14.0 Å². The first-order valence-corrected chi connectivity index (χ1v) is 5.37. The number of carboxylic acid groups (broad SMARTS) is 1. The van der Waals surface area contributed by atoms with Gasteiger partial charge in [0.1, 0.15) is 5.92 Å². The Morgan fingerprint density at radius 1 is 1.33 bits per heavy atom. The van der Waals surface area contributed by atoms with E-state index < -0.39 is 11.9 Å². The van der Waals surface area contributed by atoms with E-state index in [1.165, 1.54) is 4.90 Å². The summed E-state index contributed by atoms with van der Waals surface area (Å²) in [6, 6.07) is 0. The Kier molecular flexibility index (Phi) is 5.97. The van der Waals surface area contributed by atoms with Gasteiger partial charge in [-0.1, -0.05) is 20.8 Å². The second-order valence-corrected chi connectivity index (χ2v) is 4.24. The highest BCUT2D eigenvalue weighted by Crippen LogP contribution is 2.09. The van der Waals surface area contributed by atoms with Crippen LogP contribution in [0.5, 0.6) is 0 Å². The van der Waals surface area contributed by atoms with Crippen LogP contribution in [0.1, 0.15) is 33.6 Å². The lowest BCUT2D eigenvalue weighted by atomic mass is 10.0. The summed E-state index contributed by atoms with van der Waals surface area (Å²) in [6.07, 6.45) is 1.25. The second kappa shape index (κ2) is 6.43. The lowest BCUT2D eigenvalue weighted by molar-refractivity contribution is -0.150. The van der Waals surface area contributed by atoms with Crippen molar-refractivity contribution in [3.63, 3.8) is 0 Å². The molecular formula is C11H21NO3. The van der Waals surface area contributed by atoms with Gasteiger partial charge in [-0.2, -0.15) is 0 Å². The molecule has 0 aliphatic heterocycles. The number of hydrogen-bond donors (Lipinski definition) is 1. The zero-order valence-corrected chi connectivity index (χ0v) is 9.99. The molecule has 15 heavy (non-hydrogen) atoms. The minimum Gasteiger partial charge on any atom is -0.481 e. The molecule has 4 heteroatoms. The first kappa shape index (κ1) is 13.9. The summed E-state index contributed by atoms with van der Waals surface area (Å²) < 4.78 is 0. The van der Waals surface area contributed by atoms with E-state index in [0.29, 0.717) is 18.9 Å². The molecule has 0 bridgehead atoms. The molecule has 88 valence electrons. The monoisotopic (exact) mass is 215 g/mol. The molecule has 0 fully saturated rings. The zero-order chi connectivity index (χ0) is 12.0. The summed E-state index contributed by atoms with van der Waals surface area (Å²) in [7, 11) is 1.66. The highest BCUT2D eigenvalue weighted by Gasteiger charge is 2.26. The molecule has 4 nitrogen and oxygen atoms in total. The predicted octanol–water partition coefficient (Wildman–Crippen LogP) is 1.60. The summed E-state index contributed by atoms with van der Waals surface area (Å²) in [5.74, 6) is -1.68. The first-order valence-electron chi connectivity index (χ1n) is 5.37. The van der Waals surface area contributed by atoms with E-state index in [4.69, 9.17) is 5.11 Å². The Bertz CT molecular complexity index is 226. The number of hydrogen-bond acceptors (Lipinski definition) is 2. The number of carbonyl (C=O) groups is 2. The van der Waals surface area contributed by atoms with Gasteiger partial charge in [0, 0.05) is 13.6 Å². The van der Waals surface area contributed by atoms with Crippen LogP contribution in [0.3, 0.4) is 0 Å². The van der Waals surface area contributed by atoms with Crippen LogP contribution in [-0.2, 0) is 9.59 Å². The molecule has 1 amide bonds. The van der Waals surface area contributed by atoms with Gasteiger partial charge in [0.15, 0.2) is 0 Å². The Hall–Kier alpha value is -1.06. The van der Waals surface area contributed by atoms with Crippen molar-refractivity contribution in [2.75, 3.05) is 13.6 Å². The van der Waals surface area contributed by atoms with Crippen LogP contribution in [0.2, 0.25) is 0 Å². The Labute approximate surface area is 91.3 Å². The van der Waals surface area contributed by atoms with Gasteiger partial charge in [-0.25, -0.2) is 0 Å². The fourth-order valence-electron chi connectivity index (χ4n) is 1.28. The molecule has 0 aromatic heterocycles. The highest BCUT2D eigenvalue weighted by atomic mass is 16.4. The topological polar surface area (TPSA) is 57.6 Å². The van der Waals surface area contributed by atoms with Crippen LogP contribution < -0.4 is 0 Å². The summed E-state index contributed by atoms with van der Waals surface area (Å²) >= 11 is 0. The average Bonchev–Trinajstić information content (AvgIpc) is 2.14. The second-order valence-electron chi connectivity index (χ2n) is 4.24. The Balaban J connectivity index is 4.23. The number of carboxylic acids is 1. The molecular weight excluding hydrogens is 194 g/mol. The summed E-state index contributed by atoms with van der Waals surface area (Å²) in [6.45, 7) is 6.49. The maximum Gasteiger partial charge on any atom is 0.316 e. The maximum atomic E-state index is 11.7. The quantitative estimate of drug-likeness (QED) is 0.685. The smallest absolute Gasteiger partial charge is 0.316 e. The standard InChI is InChI=1S/C11H21NO3/c1-5-9(11(14)15)10(13)12(4)7-6-8(2)3/h8-9H,5-7H2,1-4H3,(H,14,15). The SMILES string of the molecule is CCC(C(=O)O)C(=O)N(C)CCC(C)C.